The van der Waals surface area contributed by atoms with Crippen molar-refractivity contribution in [3.63, 3.8) is 0 Å². The number of rotatable bonds is 6. The minimum Gasteiger partial charge on any atom is -0.268 e. The van der Waals surface area contributed by atoms with Crippen LogP contribution in [-0.2, 0) is 18.9 Å². The molecule has 0 saturated carbocycles. The molecule has 1 aliphatic carbocycles. The van der Waals surface area contributed by atoms with E-state index in [0.717, 1.165) is 47.0 Å². The Labute approximate surface area is 170 Å². The summed E-state index contributed by atoms with van der Waals surface area (Å²) in [6, 6.07) is 8.34. The average molecular weight is 397 g/mol. The Morgan fingerprint density at radius 3 is 2.75 bits per heavy atom. The third kappa shape index (κ3) is 2.98. The van der Waals surface area contributed by atoms with Crippen LogP contribution in [0.4, 0.5) is 0 Å². The number of aromatic nitrogens is 4. The van der Waals surface area contributed by atoms with Gasteiger partial charge in [0.1, 0.15) is 0 Å². The molecule has 0 bridgehead atoms. The third-order valence-corrected chi connectivity index (χ3v) is 7.01. The predicted molar refractivity (Wildman–Crippen MR) is 115 cm³/mol. The third-order valence-electron chi connectivity index (χ3n) is 6.00. The van der Waals surface area contributed by atoms with Gasteiger partial charge in [-0.3, -0.25) is 4.79 Å². The van der Waals surface area contributed by atoms with Crippen LogP contribution >= 0.6 is 11.8 Å². The van der Waals surface area contributed by atoms with Crippen LogP contribution in [0.5, 0.6) is 0 Å². The number of hydrogen-bond acceptors (Lipinski definition) is 4. The fraction of sp³-hybridized carbons (Fsp3) is 0.500. The predicted octanol–water partition coefficient (Wildman–Crippen LogP) is 4.60. The highest BCUT2D eigenvalue weighted by molar-refractivity contribution is 7.99. The molecule has 1 atom stereocenters. The number of unbranched alkanes of at least 4 members (excludes halogenated alkanes) is 2. The maximum Gasteiger partial charge on any atom is 0.265 e. The van der Waals surface area contributed by atoms with Gasteiger partial charge in [-0.1, -0.05) is 69.6 Å². The van der Waals surface area contributed by atoms with Gasteiger partial charge in [0.05, 0.1) is 11.3 Å². The van der Waals surface area contributed by atoms with Crippen molar-refractivity contribution < 1.29 is 0 Å². The maximum atomic E-state index is 13.7. The van der Waals surface area contributed by atoms with E-state index in [1.54, 1.807) is 20.8 Å². The van der Waals surface area contributed by atoms with Crippen molar-refractivity contribution in [1.82, 2.24) is 19.2 Å². The van der Waals surface area contributed by atoms with E-state index in [9.17, 15) is 4.79 Å². The molecule has 4 rings (SSSR count). The van der Waals surface area contributed by atoms with E-state index < -0.39 is 0 Å². The summed E-state index contributed by atoms with van der Waals surface area (Å²) in [5.74, 6) is 1.59. The highest BCUT2D eigenvalue weighted by Crippen LogP contribution is 2.42. The first-order valence-corrected chi connectivity index (χ1v) is 11.2. The van der Waals surface area contributed by atoms with Gasteiger partial charge in [-0.25, -0.2) is 14.1 Å². The largest absolute Gasteiger partial charge is 0.268 e. The zero-order valence-corrected chi connectivity index (χ0v) is 18.0. The first-order chi connectivity index (χ1) is 13.5. The summed E-state index contributed by atoms with van der Waals surface area (Å²) in [4.78, 5) is 18.7. The minimum absolute atomic E-state index is 0.0462. The zero-order valence-electron chi connectivity index (χ0n) is 17.2. The summed E-state index contributed by atoms with van der Waals surface area (Å²) in [5, 5.41) is 5.38. The average Bonchev–Trinajstić information content (AvgIpc) is 3.01. The van der Waals surface area contributed by atoms with Crippen molar-refractivity contribution in [2.45, 2.75) is 63.4 Å². The number of thioether (sulfide) groups is 1. The number of nitrogens with zero attached hydrogens (tertiary/aromatic N) is 4. The molecule has 0 radical (unpaired) electrons. The van der Waals surface area contributed by atoms with E-state index in [0.29, 0.717) is 5.78 Å². The molecule has 1 aromatic carbocycles. The summed E-state index contributed by atoms with van der Waals surface area (Å²) in [7, 11) is 1.87. The molecular formula is C22H28N4OS. The van der Waals surface area contributed by atoms with Crippen LogP contribution in [0.2, 0.25) is 0 Å². The van der Waals surface area contributed by atoms with Crippen LogP contribution < -0.4 is 5.56 Å². The van der Waals surface area contributed by atoms with E-state index >= 15 is 0 Å². The summed E-state index contributed by atoms with van der Waals surface area (Å²) >= 11 is 1.66. The normalized spacial score (nSPS) is 18.3. The van der Waals surface area contributed by atoms with E-state index in [1.165, 1.54) is 18.4 Å². The van der Waals surface area contributed by atoms with Gasteiger partial charge in [-0.15, -0.1) is 5.10 Å². The van der Waals surface area contributed by atoms with Crippen molar-refractivity contribution in [2.24, 2.45) is 7.05 Å². The molecule has 0 aliphatic heterocycles. The maximum absolute atomic E-state index is 13.7. The molecule has 3 aromatic rings. The molecule has 0 amide bonds. The first kappa shape index (κ1) is 19.2. The lowest BCUT2D eigenvalue weighted by molar-refractivity contribution is 0.439. The van der Waals surface area contributed by atoms with Crippen LogP contribution in [0.25, 0.3) is 17.0 Å². The van der Waals surface area contributed by atoms with Crippen molar-refractivity contribution in [3.05, 3.63) is 45.7 Å². The summed E-state index contributed by atoms with van der Waals surface area (Å²) in [6.07, 6.45) is 5.29. The summed E-state index contributed by atoms with van der Waals surface area (Å²) in [6.45, 7) is 6.56. The Morgan fingerprint density at radius 2 is 2.00 bits per heavy atom. The molecule has 28 heavy (non-hydrogen) atoms. The van der Waals surface area contributed by atoms with E-state index in [4.69, 9.17) is 4.98 Å². The SMILES string of the molecule is CCCCCSc1nn(C)c2nc3c(c(=O)n12)[C@@](C)(CC)Cc1ccccc1-3. The molecule has 2 aromatic heterocycles. The van der Waals surface area contributed by atoms with Gasteiger partial charge in [0.15, 0.2) is 5.16 Å². The molecular weight excluding hydrogens is 368 g/mol. The lowest BCUT2D eigenvalue weighted by Gasteiger charge is -2.34. The van der Waals surface area contributed by atoms with Crippen molar-refractivity contribution in [1.29, 1.82) is 0 Å². The quantitative estimate of drug-likeness (QED) is 0.451. The second-order valence-electron chi connectivity index (χ2n) is 7.99. The molecule has 5 nitrogen and oxygen atoms in total. The van der Waals surface area contributed by atoms with Gasteiger partial charge >= 0.3 is 0 Å². The molecule has 148 valence electrons. The molecule has 2 heterocycles. The lowest BCUT2D eigenvalue weighted by atomic mass is 9.69. The Kier molecular flexibility index (Phi) is 5.08. The fourth-order valence-electron chi connectivity index (χ4n) is 4.18. The summed E-state index contributed by atoms with van der Waals surface area (Å²) in [5.41, 5.74) is 3.86. The molecule has 0 fully saturated rings. The van der Waals surface area contributed by atoms with Gasteiger partial charge in [-0.05, 0) is 24.8 Å². The topological polar surface area (TPSA) is 52.2 Å². The number of benzene rings is 1. The van der Waals surface area contributed by atoms with Gasteiger partial charge in [-0.2, -0.15) is 0 Å². The highest BCUT2D eigenvalue weighted by atomic mass is 32.2. The molecule has 0 saturated heterocycles. The molecule has 1 aliphatic rings. The Bertz CT molecular complexity index is 1080. The van der Waals surface area contributed by atoms with Gasteiger partial charge in [0, 0.05) is 23.8 Å². The standard InChI is InChI=1S/C22H28N4OS/c1-5-7-10-13-28-21-24-25(4)20-23-18-16-12-9-8-11-15(16)14-22(3,6-2)17(18)19(27)26(20)21/h8-9,11-12H,5-7,10,13-14H2,1-4H3/t22-/m0/s1. The van der Waals surface area contributed by atoms with E-state index in [2.05, 4.69) is 44.1 Å². The molecule has 0 unspecified atom stereocenters. The second kappa shape index (κ2) is 7.39. The number of fused-ring (bicyclic) bond motifs is 4. The molecule has 6 heteroatoms. The van der Waals surface area contributed by atoms with Gasteiger partial charge in [0.25, 0.3) is 5.56 Å². The van der Waals surface area contributed by atoms with E-state index in [1.807, 2.05) is 13.1 Å². The number of aryl methyl sites for hydroxylation is 1. The van der Waals surface area contributed by atoms with Crippen LogP contribution in [0.3, 0.4) is 0 Å². The van der Waals surface area contributed by atoms with Crippen molar-refractivity contribution >= 4 is 17.5 Å². The van der Waals surface area contributed by atoms with Crippen LogP contribution in [0, 0.1) is 0 Å². The Hall–Kier alpha value is -2.08. The Balaban J connectivity index is 1.94. The van der Waals surface area contributed by atoms with Crippen molar-refractivity contribution in [3.8, 4) is 11.3 Å². The highest BCUT2D eigenvalue weighted by Gasteiger charge is 2.38. The van der Waals surface area contributed by atoms with Crippen LogP contribution in [0.1, 0.15) is 57.6 Å². The first-order valence-electron chi connectivity index (χ1n) is 10.2. The molecule has 0 N–H and O–H groups in total. The smallest absolute Gasteiger partial charge is 0.265 e. The van der Waals surface area contributed by atoms with E-state index in [-0.39, 0.29) is 11.0 Å². The van der Waals surface area contributed by atoms with Crippen LogP contribution in [0.15, 0.2) is 34.2 Å². The summed E-state index contributed by atoms with van der Waals surface area (Å²) < 4.78 is 3.47. The molecule has 0 spiro atoms. The van der Waals surface area contributed by atoms with Gasteiger partial charge in [0.2, 0.25) is 5.78 Å². The fourth-order valence-corrected chi connectivity index (χ4v) is 5.19. The second-order valence-corrected chi connectivity index (χ2v) is 9.05. The minimum atomic E-state index is -0.213. The van der Waals surface area contributed by atoms with Crippen molar-refractivity contribution in [2.75, 3.05) is 5.75 Å². The van der Waals surface area contributed by atoms with Crippen LogP contribution in [-0.4, -0.2) is 24.9 Å². The Morgan fingerprint density at radius 1 is 1.21 bits per heavy atom. The van der Waals surface area contributed by atoms with Gasteiger partial charge < -0.3 is 0 Å². The number of hydrogen-bond donors (Lipinski definition) is 0. The lowest BCUT2D eigenvalue weighted by Crippen LogP contribution is -2.37. The monoisotopic (exact) mass is 396 g/mol. The zero-order chi connectivity index (χ0) is 19.9.